The third-order valence-electron chi connectivity index (χ3n) is 3.49. The summed E-state index contributed by atoms with van der Waals surface area (Å²) in [5.41, 5.74) is 1.14. The normalized spacial score (nSPS) is 20.9. The quantitative estimate of drug-likeness (QED) is 0.907. The van der Waals surface area contributed by atoms with Crippen LogP contribution in [0.1, 0.15) is 28.4 Å². The summed E-state index contributed by atoms with van der Waals surface area (Å²) in [4.78, 5) is 19.9. The number of aromatic nitrogens is 1. The smallest absolute Gasteiger partial charge is 0.224 e. The maximum atomic E-state index is 11.7. The van der Waals surface area contributed by atoms with E-state index in [1.54, 1.807) is 18.4 Å². The van der Waals surface area contributed by atoms with Crippen molar-refractivity contribution in [2.75, 3.05) is 20.1 Å². The largest absolute Gasteiger partial charge is 0.359 e. The number of nitrogens with zero attached hydrogens (tertiary/aromatic N) is 2. The van der Waals surface area contributed by atoms with Gasteiger partial charge in [0.25, 0.3) is 0 Å². The first kappa shape index (κ1) is 13.5. The molecule has 1 aliphatic rings. The molecule has 1 amide bonds. The first-order chi connectivity index (χ1) is 8.60. The van der Waals surface area contributed by atoms with Crippen LogP contribution < -0.4 is 5.32 Å². The van der Waals surface area contributed by atoms with Gasteiger partial charge in [-0.3, -0.25) is 9.69 Å². The fourth-order valence-electron chi connectivity index (χ4n) is 2.54. The first-order valence-corrected chi connectivity index (χ1v) is 7.28. The van der Waals surface area contributed by atoms with Crippen molar-refractivity contribution in [2.45, 2.75) is 33.2 Å². The second kappa shape index (κ2) is 5.80. The average molecular weight is 267 g/mol. The van der Waals surface area contributed by atoms with E-state index in [4.69, 9.17) is 0 Å². The second-order valence-electron chi connectivity index (χ2n) is 4.93. The fourth-order valence-corrected chi connectivity index (χ4v) is 3.52. The lowest BCUT2D eigenvalue weighted by molar-refractivity contribution is -0.126. The molecular formula is C13H21N3OS. The van der Waals surface area contributed by atoms with Crippen LogP contribution in [0.5, 0.6) is 0 Å². The average Bonchev–Trinajstić information content (AvgIpc) is 2.67. The van der Waals surface area contributed by atoms with E-state index in [0.29, 0.717) is 0 Å². The van der Waals surface area contributed by atoms with Crippen molar-refractivity contribution in [3.8, 4) is 0 Å². The highest BCUT2D eigenvalue weighted by atomic mass is 32.1. The van der Waals surface area contributed by atoms with Crippen molar-refractivity contribution < 1.29 is 4.79 Å². The molecule has 0 aromatic carbocycles. The Morgan fingerprint density at radius 1 is 1.56 bits per heavy atom. The minimum atomic E-state index is 0.151. The molecule has 2 rings (SSSR count). The van der Waals surface area contributed by atoms with Crippen molar-refractivity contribution in [1.29, 1.82) is 0 Å². The fraction of sp³-hybridized carbons (Fsp3) is 0.692. The molecule has 1 atom stereocenters. The van der Waals surface area contributed by atoms with Crippen molar-refractivity contribution in [1.82, 2.24) is 15.2 Å². The van der Waals surface area contributed by atoms with E-state index in [1.807, 2.05) is 6.92 Å². The molecule has 0 aliphatic carbocycles. The number of aryl methyl sites for hydroxylation is 2. The van der Waals surface area contributed by atoms with Crippen LogP contribution >= 0.6 is 11.3 Å². The van der Waals surface area contributed by atoms with Crippen molar-refractivity contribution in [2.24, 2.45) is 5.92 Å². The van der Waals surface area contributed by atoms with Gasteiger partial charge in [-0.1, -0.05) is 0 Å². The van der Waals surface area contributed by atoms with Crippen LogP contribution in [0, 0.1) is 19.8 Å². The third-order valence-corrected chi connectivity index (χ3v) is 4.55. The zero-order chi connectivity index (χ0) is 13.1. The Morgan fingerprint density at radius 2 is 2.33 bits per heavy atom. The van der Waals surface area contributed by atoms with Gasteiger partial charge in [-0.05, 0) is 33.2 Å². The topological polar surface area (TPSA) is 45.2 Å². The molecule has 0 bridgehead atoms. The molecule has 0 saturated carbocycles. The second-order valence-corrected chi connectivity index (χ2v) is 6.22. The van der Waals surface area contributed by atoms with Gasteiger partial charge in [0.1, 0.15) is 0 Å². The summed E-state index contributed by atoms with van der Waals surface area (Å²) in [5, 5.41) is 3.89. The Hall–Kier alpha value is -0.940. The zero-order valence-electron chi connectivity index (χ0n) is 11.3. The number of amides is 1. The number of likely N-dealkylation sites (tertiary alicyclic amines) is 1. The molecule has 1 aromatic heterocycles. The molecule has 5 heteroatoms. The summed E-state index contributed by atoms with van der Waals surface area (Å²) in [6.07, 6.45) is 2.12. The molecule has 1 aromatic rings. The predicted molar refractivity (Wildman–Crippen MR) is 73.7 cm³/mol. The molecule has 2 heterocycles. The summed E-state index contributed by atoms with van der Waals surface area (Å²) in [6.45, 7) is 7.01. The highest BCUT2D eigenvalue weighted by Crippen LogP contribution is 2.23. The summed E-state index contributed by atoms with van der Waals surface area (Å²) in [7, 11) is 1.72. The zero-order valence-corrected chi connectivity index (χ0v) is 12.1. The standard InChI is InChI=1S/C13H21N3OS/c1-9-12(18-10(2)15-9)8-16-6-4-5-11(7-16)13(17)14-3/h11H,4-8H2,1-3H3,(H,14,17). The number of carbonyl (C=O) groups excluding carboxylic acids is 1. The van der Waals surface area contributed by atoms with Gasteiger partial charge in [0, 0.05) is 25.0 Å². The monoisotopic (exact) mass is 267 g/mol. The molecule has 4 nitrogen and oxygen atoms in total. The van der Waals surface area contributed by atoms with Crippen LogP contribution in [-0.2, 0) is 11.3 Å². The molecule has 0 radical (unpaired) electrons. The van der Waals surface area contributed by atoms with E-state index in [9.17, 15) is 4.79 Å². The Kier molecular flexibility index (Phi) is 4.35. The number of nitrogens with one attached hydrogen (secondary N) is 1. The SMILES string of the molecule is CNC(=O)C1CCCN(Cc2sc(C)nc2C)C1. The number of hydrogen-bond donors (Lipinski definition) is 1. The van der Waals surface area contributed by atoms with E-state index >= 15 is 0 Å². The maximum Gasteiger partial charge on any atom is 0.224 e. The number of hydrogen-bond acceptors (Lipinski definition) is 4. The van der Waals surface area contributed by atoms with Crippen molar-refractivity contribution in [3.05, 3.63) is 15.6 Å². The first-order valence-electron chi connectivity index (χ1n) is 6.47. The van der Waals surface area contributed by atoms with E-state index in [1.165, 1.54) is 4.88 Å². The Morgan fingerprint density at radius 3 is 2.94 bits per heavy atom. The predicted octanol–water partition coefficient (Wildman–Crippen LogP) is 1.72. The maximum absolute atomic E-state index is 11.7. The number of rotatable bonds is 3. The number of thiazole rings is 1. The lowest BCUT2D eigenvalue weighted by Crippen LogP contribution is -2.41. The van der Waals surface area contributed by atoms with Gasteiger partial charge < -0.3 is 5.32 Å². The third kappa shape index (κ3) is 3.09. The number of carbonyl (C=O) groups is 1. The molecular weight excluding hydrogens is 246 g/mol. The Balaban J connectivity index is 1.97. The van der Waals surface area contributed by atoms with Crippen LogP contribution in [0.2, 0.25) is 0 Å². The van der Waals surface area contributed by atoms with Gasteiger partial charge >= 0.3 is 0 Å². The summed E-state index contributed by atoms with van der Waals surface area (Å²) in [6, 6.07) is 0. The highest BCUT2D eigenvalue weighted by Gasteiger charge is 2.25. The molecule has 1 aliphatic heterocycles. The van der Waals surface area contributed by atoms with Crippen molar-refractivity contribution >= 4 is 17.2 Å². The summed E-state index contributed by atoms with van der Waals surface area (Å²) >= 11 is 1.77. The van der Waals surface area contributed by atoms with E-state index in [0.717, 1.165) is 43.2 Å². The minimum Gasteiger partial charge on any atom is -0.359 e. The molecule has 0 spiro atoms. The lowest BCUT2D eigenvalue weighted by Gasteiger charge is -2.31. The number of piperidine rings is 1. The minimum absolute atomic E-state index is 0.151. The van der Waals surface area contributed by atoms with E-state index in [2.05, 4.69) is 22.1 Å². The molecule has 18 heavy (non-hydrogen) atoms. The highest BCUT2D eigenvalue weighted by molar-refractivity contribution is 7.11. The van der Waals surface area contributed by atoms with Gasteiger partial charge in [0.05, 0.1) is 16.6 Å². The van der Waals surface area contributed by atoms with Gasteiger partial charge in [0.2, 0.25) is 5.91 Å². The molecule has 1 N–H and O–H groups in total. The van der Waals surface area contributed by atoms with Crippen LogP contribution in [0.4, 0.5) is 0 Å². The van der Waals surface area contributed by atoms with E-state index < -0.39 is 0 Å². The molecule has 1 unspecified atom stereocenters. The summed E-state index contributed by atoms with van der Waals surface area (Å²) < 4.78 is 0. The van der Waals surface area contributed by atoms with Gasteiger partial charge in [-0.25, -0.2) is 4.98 Å². The van der Waals surface area contributed by atoms with Gasteiger partial charge in [-0.2, -0.15) is 0 Å². The van der Waals surface area contributed by atoms with Gasteiger partial charge in [-0.15, -0.1) is 11.3 Å². The van der Waals surface area contributed by atoms with Crippen LogP contribution in [0.25, 0.3) is 0 Å². The molecule has 1 fully saturated rings. The summed E-state index contributed by atoms with van der Waals surface area (Å²) in [5.74, 6) is 0.329. The Labute approximate surface area is 112 Å². The van der Waals surface area contributed by atoms with E-state index in [-0.39, 0.29) is 11.8 Å². The lowest BCUT2D eigenvalue weighted by atomic mass is 9.97. The molecule has 100 valence electrons. The Bertz CT molecular complexity index is 430. The van der Waals surface area contributed by atoms with Crippen LogP contribution in [-0.4, -0.2) is 35.9 Å². The van der Waals surface area contributed by atoms with Crippen molar-refractivity contribution in [3.63, 3.8) is 0 Å². The van der Waals surface area contributed by atoms with Gasteiger partial charge in [0.15, 0.2) is 0 Å². The van der Waals surface area contributed by atoms with Crippen LogP contribution in [0.3, 0.4) is 0 Å². The molecule has 1 saturated heterocycles. The van der Waals surface area contributed by atoms with Crippen LogP contribution in [0.15, 0.2) is 0 Å².